The molecule has 1 heterocycles. The van der Waals surface area contributed by atoms with Crippen molar-refractivity contribution >= 4 is 17.7 Å². The Morgan fingerprint density at radius 1 is 1.79 bits per heavy atom. The van der Waals surface area contributed by atoms with Gasteiger partial charge >= 0.3 is 0 Å². The van der Waals surface area contributed by atoms with Gasteiger partial charge in [0.05, 0.1) is 18.5 Å². The van der Waals surface area contributed by atoms with Gasteiger partial charge in [0, 0.05) is 24.7 Å². The molecule has 1 amide bonds. The number of amides is 1. The maximum absolute atomic E-state index is 11.8. The smallest absolute Gasteiger partial charge is 0.240 e. The Morgan fingerprint density at radius 2 is 2.57 bits per heavy atom. The van der Waals surface area contributed by atoms with Crippen molar-refractivity contribution in [2.75, 3.05) is 24.7 Å². The number of nitrogens with zero attached hydrogens (tertiary/aromatic N) is 2. The average molecular weight is 213 g/mol. The van der Waals surface area contributed by atoms with E-state index in [2.05, 4.69) is 11.4 Å². The first-order valence-corrected chi connectivity index (χ1v) is 5.92. The van der Waals surface area contributed by atoms with Crippen molar-refractivity contribution in [3.8, 4) is 6.07 Å². The standard InChI is InChI=1S/C9H15N3OS/c1-2-12(5-3-4-10)9(13)8-6-14-7-11-8/h8,11H,2-3,5-7H2,1H3. The first-order chi connectivity index (χ1) is 6.79. The Morgan fingerprint density at radius 3 is 3.07 bits per heavy atom. The maximum Gasteiger partial charge on any atom is 0.240 e. The summed E-state index contributed by atoms with van der Waals surface area (Å²) in [6, 6.07) is 2.02. The van der Waals surface area contributed by atoms with Crippen LogP contribution in [0.25, 0.3) is 0 Å². The molecular formula is C9H15N3OS. The fourth-order valence-electron chi connectivity index (χ4n) is 1.38. The van der Waals surface area contributed by atoms with Crippen LogP contribution >= 0.6 is 11.8 Å². The number of nitrogens with one attached hydrogen (secondary N) is 1. The number of likely N-dealkylation sites (N-methyl/N-ethyl adjacent to an activating group) is 1. The van der Waals surface area contributed by atoms with E-state index in [4.69, 9.17) is 5.26 Å². The zero-order valence-corrected chi connectivity index (χ0v) is 9.14. The monoisotopic (exact) mass is 213 g/mol. The van der Waals surface area contributed by atoms with Crippen molar-refractivity contribution in [1.82, 2.24) is 10.2 Å². The number of carbonyl (C=O) groups is 1. The maximum atomic E-state index is 11.8. The highest BCUT2D eigenvalue weighted by Crippen LogP contribution is 2.11. The minimum absolute atomic E-state index is 0.0429. The van der Waals surface area contributed by atoms with Gasteiger partial charge in [0.25, 0.3) is 0 Å². The zero-order valence-electron chi connectivity index (χ0n) is 8.32. The summed E-state index contributed by atoms with van der Waals surface area (Å²) in [6.07, 6.45) is 0.416. The normalized spacial score (nSPS) is 20.4. The summed E-state index contributed by atoms with van der Waals surface area (Å²) >= 11 is 1.74. The molecule has 0 aromatic carbocycles. The second kappa shape index (κ2) is 5.89. The van der Waals surface area contributed by atoms with E-state index < -0.39 is 0 Å². The van der Waals surface area contributed by atoms with Crippen LogP contribution in [0.5, 0.6) is 0 Å². The molecule has 14 heavy (non-hydrogen) atoms. The lowest BCUT2D eigenvalue weighted by Gasteiger charge is -2.22. The molecule has 0 aliphatic carbocycles. The molecule has 1 fully saturated rings. The summed E-state index contributed by atoms with van der Waals surface area (Å²) in [5.41, 5.74) is 0. The lowest BCUT2D eigenvalue weighted by atomic mass is 10.2. The summed E-state index contributed by atoms with van der Waals surface area (Å²) in [5, 5.41) is 11.6. The third kappa shape index (κ3) is 2.89. The quantitative estimate of drug-likeness (QED) is 0.735. The third-order valence-corrected chi connectivity index (χ3v) is 3.14. The van der Waals surface area contributed by atoms with Crippen molar-refractivity contribution in [3.05, 3.63) is 0 Å². The summed E-state index contributed by atoms with van der Waals surface area (Å²) in [6.45, 7) is 3.18. The summed E-state index contributed by atoms with van der Waals surface area (Å²) < 4.78 is 0. The first kappa shape index (κ1) is 11.3. The summed E-state index contributed by atoms with van der Waals surface area (Å²) in [5.74, 6) is 1.83. The van der Waals surface area contributed by atoms with Gasteiger partial charge in [0.1, 0.15) is 0 Å². The fraction of sp³-hybridized carbons (Fsp3) is 0.778. The highest BCUT2D eigenvalue weighted by atomic mass is 32.2. The van der Waals surface area contributed by atoms with Crippen molar-refractivity contribution in [2.24, 2.45) is 0 Å². The minimum atomic E-state index is -0.0429. The molecule has 1 atom stereocenters. The van der Waals surface area contributed by atoms with Crippen LogP contribution in [0.1, 0.15) is 13.3 Å². The Labute approximate surface area is 88.6 Å². The van der Waals surface area contributed by atoms with Gasteiger partial charge in [-0.05, 0) is 6.92 Å². The van der Waals surface area contributed by atoms with Gasteiger partial charge < -0.3 is 4.90 Å². The van der Waals surface area contributed by atoms with Gasteiger partial charge in [-0.3, -0.25) is 10.1 Å². The number of nitriles is 1. The van der Waals surface area contributed by atoms with Crippen LogP contribution in [0.2, 0.25) is 0 Å². The largest absolute Gasteiger partial charge is 0.341 e. The Balaban J connectivity index is 2.42. The van der Waals surface area contributed by atoms with E-state index in [0.717, 1.165) is 11.6 Å². The van der Waals surface area contributed by atoms with Gasteiger partial charge in [-0.1, -0.05) is 0 Å². The van der Waals surface area contributed by atoms with E-state index >= 15 is 0 Å². The van der Waals surface area contributed by atoms with E-state index in [-0.39, 0.29) is 11.9 Å². The zero-order chi connectivity index (χ0) is 10.4. The minimum Gasteiger partial charge on any atom is -0.341 e. The molecule has 78 valence electrons. The van der Waals surface area contributed by atoms with E-state index in [1.807, 2.05) is 6.92 Å². The average Bonchev–Trinajstić information content (AvgIpc) is 2.71. The molecule has 1 aliphatic rings. The van der Waals surface area contributed by atoms with Gasteiger partial charge in [-0.15, -0.1) is 11.8 Å². The number of rotatable bonds is 4. The molecule has 0 spiro atoms. The number of carbonyl (C=O) groups excluding carboxylic acids is 1. The summed E-state index contributed by atoms with van der Waals surface area (Å²) in [7, 11) is 0. The molecule has 4 nitrogen and oxygen atoms in total. The van der Waals surface area contributed by atoms with Crippen LogP contribution in [-0.4, -0.2) is 41.6 Å². The lowest BCUT2D eigenvalue weighted by molar-refractivity contribution is -0.132. The SMILES string of the molecule is CCN(CCC#N)C(=O)C1CSCN1. The Kier molecular flexibility index (Phi) is 4.77. The van der Waals surface area contributed by atoms with E-state index in [1.54, 1.807) is 16.7 Å². The number of hydrogen-bond donors (Lipinski definition) is 1. The van der Waals surface area contributed by atoms with Crippen molar-refractivity contribution < 1.29 is 4.79 Å². The third-order valence-electron chi connectivity index (χ3n) is 2.20. The molecule has 0 aromatic heterocycles. The Bertz CT molecular complexity index is 233. The van der Waals surface area contributed by atoms with Crippen LogP contribution in [0, 0.1) is 11.3 Å². The molecule has 1 rings (SSSR count). The van der Waals surface area contributed by atoms with Crippen LogP contribution in [0.3, 0.4) is 0 Å². The number of hydrogen-bond acceptors (Lipinski definition) is 4. The fourth-order valence-corrected chi connectivity index (χ4v) is 2.32. The van der Waals surface area contributed by atoms with Gasteiger partial charge in [-0.2, -0.15) is 5.26 Å². The van der Waals surface area contributed by atoms with Crippen molar-refractivity contribution in [3.63, 3.8) is 0 Å². The van der Waals surface area contributed by atoms with Crippen molar-refractivity contribution in [1.29, 1.82) is 5.26 Å². The molecule has 0 saturated carbocycles. The molecule has 1 N–H and O–H groups in total. The lowest BCUT2D eigenvalue weighted by Crippen LogP contribution is -2.45. The first-order valence-electron chi connectivity index (χ1n) is 4.76. The second-order valence-electron chi connectivity index (χ2n) is 3.10. The van der Waals surface area contributed by atoms with Crippen LogP contribution in [0.15, 0.2) is 0 Å². The van der Waals surface area contributed by atoms with Gasteiger partial charge in [0.15, 0.2) is 0 Å². The predicted octanol–water partition coefficient (Wildman–Crippen LogP) is 0.411. The topological polar surface area (TPSA) is 56.1 Å². The molecular weight excluding hydrogens is 198 g/mol. The van der Waals surface area contributed by atoms with E-state index in [9.17, 15) is 4.79 Å². The molecule has 5 heteroatoms. The molecule has 0 aromatic rings. The van der Waals surface area contributed by atoms with Crippen LogP contribution < -0.4 is 5.32 Å². The number of thioether (sulfide) groups is 1. The molecule has 1 saturated heterocycles. The Hall–Kier alpha value is -0.730. The molecule has 1 aliphatic heterocycles. The van der Waals surface area contributed by atoms with Crippen LogP contribution in [-0.2, 0) is 4.79 Å². The van der Waals surface area contributed by atoms with Crippen LogP contribution in [0.4, 0.5) is 0 Å². The highest BCUT2D eigenvalue weighted by molar-refractivity contribution is 7.99. The van der Waals surface area contributed by atoms with Gasteiger partial charge in [0.2, 0.25) is 5.91 Å². The molecule has 1 unspecified atom stereocenters. The highest BCUT2D eigenvalue weighted by Gasteiger charge is 2.25. The second-order valence-corrected chi connectivity index (χ2v) is 4.13. The van der Waals surface area contributed by atoms with E-state index in [0.29, 0.717) is 19.5 Å². The van der Waals surface area contributed by atoms with Crippen molar-refractivity contribution in [2.45, 2.75) is 19.4 Å². The molecule has 0 radical (unpaired) electrons. The summed E-state index contributed by atoms with van der Waals surface area (Å²) in [4.78, 5) is 13.6. The van der Waals surface area contributed by atoms with E-state index in [1.165, 1.54) is 0 Å². The molecule has 0 bridgehead atoms. The predicted molar refractivity (Wildman–Crippen MR) is 56.7 cm³/mol. The van der Waals surface area contributed by atoms with Gasteiger partial charge in [-0.25, -0.2) is 0 Å².